The number of aryl methyl sites for hydroxylation is 1. The van der Waals surface area contributed by atoms with Crippen LogP contribution < -0.4 is 10.6 Å². The predicted molar refractivity (Wildman–Crippen MR) is 99.8 cm³/mol. The highest BCUT2D eigenvalue weighted by atomic mass is 35.5. The molecule has 0 saturated carbocycles. The molecule has 23 heavy (non-hydrogen) atoms. The zero-order chi connectivity index (χ0) is 15.9. The first-order chi connectivity index (χ1) is 10.6. The summed E-state index contributed by atoms with van der Waals surface area (Å²) in [6.07, 6.45) is 3.28. The summed E-state index contributed by atoms with van der Waals surface area (Å²) < 4.78 is 0. The lowest BCUT2D eigenvalue weighted by molar-refractivity contribution is -0.118. The van der Waals surface area contributed by atoms with Crippen molar-refractivity contribution in [3.63, 3.8) is 0 Å². The van der Waals surface area contributed by atoms with Crippen LogP contribution in [-0.2, 0) is 4.79 Å². The Morgan fingerprint density at radius 1 is 1.39 bits per heavy atom. The molecule has 1 aromatic rings. The van der Waals surface area contributed by atoms with Crippen LogP contribution in [0.25, 0.3) is 0 Å². The van der Waals surface area contributed by atoms with Crippen molar-refractivity contribution in [3.05, 3.63) is 28.8 Å². The fourth-order valence-corrected chi connectivity index (χ4v) is 3.23. The van der Waals surface area contributed by atoms with Crippen molar-refractivity contribution in [3.8, 4) is 0 Å². The third-order valence-electron chi connectivity index (χ3n) is 4.08. The Morgan fingerprint density at radius 3 is 2.70 bits per heavy atom. The van der Waals surface area contributed by atoms with Gasteiger partial charge in [0.25, 0.3) is 0 Å². The molecule has 1 fully saturated rings. The lowest BCUT2D eigenvalue weighted by Crippen LogP contribution is -2.46. The number of amides is 1. The van der Waals surface area contributed by atoms with Gasteiger partial charge in [0.1, 0.15) is 0 Å². The number of piperidine rings is 1. The zero-order valence-electron chi connectivity index (χ0n) is 13.9. The summed E-state index contributed by atoms with van der Waals surface area (Å²) in [4.78, 5) is 14.7. The molecule has 4 nitrogen and oxygen atoms in total. The molecule has 1 aromatic carbocycles. The Balaban J connectivity index is 0.00000264. The lowest BCUT2D eigenvalue weighted by Gasteiger charge is -2.34. The van der Waals surface area contributed by atoms with E-state index in [1.54, 1.807) is 0 Å². The van der Waals surface area contributed by atoms with Gasteiger partial charge in [-0.1, -0.05) is 24.6 Å². The number of carbonyl (C=O) groups excluding carboxylic acids is 1. The van der Waals surface area contributed by atoms with Crippen LogP contribution in [0.4, 0.5) is 5.69 Å². The smallest absolute Gasteiger partial charge is 0.238 e. The van der Waals surface area contributed by atoms with E-state index in [9.17, 15) is 4.79 Å². The lowest BCUT2D eigenvalue weighted by atomic mass is 10.0. The van der Waals surface area contributed by atoms with E-state index in [2.05, 4.69) is 22.5 Å². The molecule has 0 aliphatic carbocycles. The molecule has 1 heterocycles. The minimum atomic E-state index is 0. The number of carbonyl (C=O) groups is 1. The fraction of sp³-hybridized carbons (Fsp3) is 0.588. The van der Waals surface area contributed by atoms with Crippen LogP contribution in [0.2, 0.25) is 5.02 Å². The van der Waals surface area contributed by atoms with Crippen molar-refractivity contribution in [2.24, 2.45) is 0 Å². The van der Waals surface area contributed by atoms with Gasteiger partial charge in [-0.15, -0.1) is 12.4 Å². The van der Waals surface area contributed by atoms with Gasteiger partial charge in [0.15, 0.2) is 0 Å². The van der Waals surface area contributed by atoms with Gasteiger partial charge in [-0.3, -0.25) is 9.69 Å². The first-order valence-corrected chi connectivity index (χ1v) is 8.48. The van der Waals surface area contributed by atoms with Crippen LogP contribution in [0.3, 0.4) is 0 Å². The van der Waals surface area contributed by atoms with E-state index < -0.39 is 0 Å². The van der Waals surface area contributed by atoms with Crippen LogP contribution in [0.1, 0.15) is 31.7 Å². The Bertz CT molecular complexity index is 505. The van der Waals surface area contributed by atoms with Crippen molar-refractivity contribution in [2.75, 3.05) is 31.5 Å². The number of hydrogen-bond donors (Lipinski definition) is 2. The predicted octanol–water partition coefficient (Wildman–Crippen LogP) is 3.47. The molecule has 0 unspecified atom stereocenters. The summed E-state index contributed by atoms with van der Waals surface area (Å²) in [5, 5.41) is 6.90. The highest BCUT2D eigenvalue weighted by Crippen LogP contribution is 2.22. The molecule has 1 saturated heterocycles. The number of nitrogens with one attached hydrogen (secondary N) is 2. The van der Waals surface area contributed by atoms with E-state index in [-0.39, 0.29) is 18.3 Å². The number of nitrogens with zero attached hydrogens (tertiary/aromatic N) is 1. The van der Waals surface area contributed by atoms with Crippen molar-refractivity contribution in [1.82, 2.24) is 10.2 Å². The van der Waals surface area contributed by atoms with Crippen molar-refractivity contribution in [2.45, 2.75) is 39.2 Å². The molecule has 1 aliphatic rings. The summed E-state index contributed by atoms with van der Waals surface area (Å²) in [6, 6.07) is 6.19. The van der Waals surface area contributed by atoms with Crippen LogP contribution >= 0.6 is 24.0 Å². The quantitative estimate of drug-likeness (QED) is 0.817. The van der Waals surface area contributed by atoms with E-state index in [1.807, 2.05) is 25.1 Å². The summed E-state index contributed by atoms with van der Waals surface area (Å²) in [7, 11) is 0. The van der Waals surface area contributed by atoms with Gasteiger partial charge in [0.2, 0.25) is 5.91 Å². The summed E-state index contributed by atoms with van der Waals surface area (Å²) in [5.41, 5.74) is 1.78. The molecule has 0 spiro atoms. The molecule has 0 bridgehead atoms. The van der Waals surface area contributed by atoms with Crippen LogP contribution in [-0.4, -0.2) is 43.0 Å². The maximum Gasteiger partial charge on any atom is 0.238 e. The monoisotopic (exact) mass is 359 g/mol. The molecular weight excluding hydrogens is 333 g/mol. The highest BCUT2D eigenvalue weighted by molar-refractivity contribution is 6.33. The Labute approximate surface area is 150 Å². The average molecular weight is 360 g/mol. The maximum absolute atomic E-state index is 12.4. The van der Waals surface area contributed by atoms with Gasteiger partial charge in [-0.25, -0.2) is 0 Å². The van der Waals surface area contributed by atoms with E-state index in [4.69, 9.17) is 11.6 Å². The number of anilines is 1. The van der Waals surface area contributed by atoms with Gasteiger partial charge in [-0.2, -0.15) is 0 Å². The third-order valence-corrected chi connectivity index (χ3v) is 4.39. The van der Waals surface area contributed by atoms with Crippen molar-refractivity contribution in [1.29, 1.82) is 0 Å². The first kappa shape index (κ1) is 20.2. The summed E-state index contributed by atoms with van der Waals surface area (Å²) >= 11 is 6.18. The third kappa shape index (κ3) is 6.30. The van der Waals surface area contributed by atoms with E-state index in [0.717, 1.165) is 44.5 Å². The second-order valence-electron chi connectivity index (χ2n) is 5.98. The van der Waals surface area contributed by atoms with Crippen molar-refractivity contribution < 1.29 is 4.79 Å². The van der Waals surface area contributed by atoms with Crippen molar-refractivity contribution >= 4 is 35.6 Å². The molecule has 1 amide bonds. The number of halogens is 2. The molecule has 0 radical (unpaired) electrons. The van der Waals surface area contributed by atoms with E-state index in [0.29, 0.717) is 23.3 Å². The normalized spacial score (nSPS) is 15.3. The number of benzene rings is 1. The molecule has 0 aromatic heterocycles. The fourth-order valence-electron chi connectivity index (χ4n) is 2.95. The van der Waals surface area contributed by atoms with Crippen LogP contribution in [0.15, 0.2) is 18.2 Å². The van der Waals surface area contributed by atoms with E-state index >= 15 is 0 Å². The first-order valence-electron chi connectivity index (χ1n) is 8.11. The molecule has 2 N–H and O–H groups in total. The summed E-state index contributed by atoms with van der Waals surface area (Å²) in [6.45, 7) is 7.61. The molecule has 6 heteroatoms. The van der Waals surface area contributed by atoms with Gasteiger partial charge in [-0.05, 0) is 63.5 Å². The second kappa shape index (κ2) is 10.1. The Hall–Kier alpha value is -0.810. The molecule has 0 atom stereocenters. The van der Waals surface area contributed by atoms with Gasteiger partial charge in [0, 0.05) is 6.04 Å². The number of rotatable bonds is 6. The van der Waals surface area contributed by atoms with Crippen LogP contribution in [0.5, 0.6) is 0 Å². The van der Waals surface area contributed by atoms with Gasteiger partial charge in [0.05, 0.1) is 17.3 Å². The Kier molecular flexibility index (Phi) is 8.92. The van der Waals surface area contributed by atoms with Gasteiger partial charge < -0.3 is 10.6 Å². The second-order valence-corrected chi connectivity index (χ2v) is 6.39. The molecule has 130 valence electrons. The average Bonchev–Trinajstić information content (AvgIpc) is 2.50. The largest absolute Gasteiger partial charge is 0.324 e. The maximum atomic E-state index is 12.4. The molecule has 1 aliphatic heterocycles. The minimum absolute atomic E-state index is 0. The Morgan fingerprint density at radius 2 is 2.09 bits per heavy atom. The number of hydrogen-bond acceptors (Lipinski definition) is 3. The SMILES string of the molecule is CCCN(CC(=O)Nc1ccc(C)cc1Cl)C1CCNCC1.Cl. The highest BCUT2D eigenvalue weighted by Gasteiger charge is 2.22. The summed E-state index contributed by atoms with van der Waals surface area (Å²) in [5.74, 6) is 0.0118. The molecule has 2 rings (SSSR count). The topological polar surface area (TPSA) is 44.4 Å². The standard InChI is InChI=1S/C17H26ClN3O.ClH/c1-3-10-21(14-6-8-19-9-7-14)12-17(22)20-16-5-4-13(2)11-15(16)18;/h4-5,11,14,19H,3,6-10,12H2,1-2H3,(H,20,22);1H. The van der Waals surface area contributed by atoms with E-state index in [1.165, 1.54) is 0 Å². The zero-order valence-corrected chi connectivity index (χ0v) is 15.5. The molecular formula is C17H27Cl2N3O. The van der Waals surface area contributed by atoms with Crippen LogP contribution in [0, 0.1) is 6.92 Å². The van der Waals surface area contributed by atoms with Gasteiger partial charge >= 0.3 is 0 Å². The minimum Gasteiger partial charge on any atom is -0.324 e.